The predicted octanol–water partition coefficient (Wildman–Crippen LogP) is 4.76. The largest absolute Gasteiger partial charge is 0.481 e. The molecule has 166 valence electrons. The van der Waals surface area contributed by atoms with Crippen LogP contribution in [0.2, 0.25) is 5.02 Å². The van der Waals surface area contributed by atoms with Gasteiger partial charge in [-0.2, -0.15) is 0 Å². The third-order valence-electron chi connectivity index (χ3n) is 6.47. The van der Waals surface area contributed by atoms with Crippen molar-refractivity contribution in [1.82, 2.24) is 24.6 Å². The first-order valence-electron chi connectivity index (χ1n) is 10.7. The average molecular weight is 454 g/mol. The van der Waals surface area contributed by atoms with Crippen LogP contribution in [0.1, 0.15) is 60.4 Å². The van der Waals surface area contributed by atoms with Gasteiger partial charge in [0.05, 0.1) is 25.9 Å². The zero-order valence-corrected chi connectivity index (χ0v) is 18.5. The minimum atomic E-state index is -0.986. The molecule has 1 aromatic carbocycles. The number of methoxy groups -OCH3 is 1. The normalized spacial score (nSPS) is 20.2. The van der Waals surface area contributed by atoms with E-state index in [0.29, 0.717) is 22.6 Å². The van der Waals surface area contributed by atoms with Crippen LogP contribution in [0.3, 0.4) is 0 Å². The van der Waals surface area contributed by atoms with E-state index in [0.717, 1.165) is 48.5 Å². The summed E-state index contributed by atoms with van der Waals surface area (Å²) in [6, 6.07) is 11.5. The lowest BCUT2D eigenvalue weighted by atomic mass is 9.80. The molecule has 0 radical (unpaired) electrons. The van der Waals surface area contributed by atoms with Crippen LogP contribution in [-0.4, -0.2) is 43.0 Å². The van der Waals surface area contributed by atoms with Gasteiger partial charge in [0.2, 0.25) is 5.88 Å². The van der Waals surface area contributed by atoms with Gasteiger partial charge in [0, 0.05) is 28.6 Å². The monoisotopic (exact) mass is 453 g/mol. The SMILES string of the molecule is COc1cccc(C2CCC(c3nnc4n3-c3ccc(Cl)cc3CN(C(=O)O)C4)CC2)n1. The molecule has 9 heteroatoms. The minimum absolute atomic E-state index is 0.192. The second-order valence-corrected chi connectivity index (χ2v) is 8.81. The van der Waals surface area contributed by atoms with Crippen LogP contribution in [0.25, 0.3) is 5.69 Å². The molecule has 1 amide bonds. The van der Waals surface area contributed by atoms with Crippen molar-refractivity contribution >= 4 is 17.7 Å². The van der Waals surface area contributed by atoms with E-state index >= 15 is 0 Å². The second-order valence-electron chi connectivity index (χ2n) is 8.37. The average Bonchev–Trinajstić information content (AvgIpc) is 3.14. The van der Waals surface area contributed by atoms with Crippen LogP contribution in [0, 0.1) is 0 Å². The summed E-state index contributed by atoms with van der Waals surface area (Å²) in [5.41, 5.74) is 2.83. The molecule has 3 aromatic rings. The van der Waals surface area contributed by atoms with Gasteiger partial charge in [0.25, 0.3) is 0 Å². The summed E-state index contributed by atoms with van der Waals surface area (Å²) >= 11 is 6.22. The molecule has 2 aromatic heterocycles. The Morgan fingerprint density at radius 2 is 1.88 bits per heavy atom. The van der Waals surface area contributed by atoms with Gasteiger partial charge < -0.3 is 9.84 Å². The second kappa shape index (κ2) is 8.43. The maximum Gasteiger partial charge on any atom is 0.408 e. The molecule has 1 N–H and O–H groups in total. The summed E-state index contributed by atoms with van der Waals surface area (Å²) in [6.07, 6.45) is 2.95. The van der Waals surface area contributed by atoms with Gasteiger partial charge >= 0.3 is 6.09 Å². The van der Waals surface area contributed by atoms with Crippen molar-refractivity contribution in [3.63, 3.8) is 0 Å². The first kappa shape index (κ1) is 20.8. The molecule has 1 fully saturated rings. The van der Waals surface area contributed by atoms with E-state index in [-0.39, 0.29) is 19.0 Å². The van der Waals surface area contributed by atoms with Crippen molar-refractivity contribution in [1.29, 1.82) is 0 Å². The molecule has 0 bridgehead atoms. The molecule has 5 rings (SSSR count). The molecule has 32 heavy (non-hydrogen) atoms. The van der Waals surface area contributed by atoms with Crippen LogP contribution >= 0.6 is 11.6 Å². The third-order valence-corrected chi connectivity index (χ3v) is 6.70. The standard InChI is InChI=1S/C23H24ClN5O3/c1-32-21-4-2-3-18(25-21)14-5-7-15(8-6-14)22-27-26-20-13-28(23(30)31)12-16-11-17(24)9-10-19(16)29(20)22/h2-4,9-11,14-15H,5-8,12-13H2,1H3,(H,30,31). The molecule has 1 aliphatic heterocycles. The number of hydrogen-bond donors (Lipinski definition) is 1. The number of nitrogens with zero attached hydrogens (tertiary/aromatic N) is 5. The van der Waals surface area contributed by atoms with Gasteiger partial charge in [0.1, 0.15) is 5.82 Å². The molecule has 8 nitrogen and oxygen atoms in total. The number of ether oxygens (including phenoxy) is 1. The number of rotatable bonds is 3. The number of pyridine rings is 1. The smallest absolute Gasteiger partial charge is 0.408 e. The van der Waals surface area contributed by atoms with Crippen LogP contribution in [0.5, 0.6) is 5.88 Å². The first-order chi connectivity index (χ1) is 15.5. The van der Waals surface area contributed by atoms with Crippen LogP contribution in [-0.2, 0) is 13.1 Å². The highest BCUT2D eigenvalue weighted by molar-refractivity contribution is 6.30. The van der Waals surface area contributed by atoms with Gasteiger partial charge in [-0.15, -0.1) is 10.2 Å². The van der Waals surface area contributed by atoms with E-state index in [4.69, 9.17) is 16.3 Å². The van der Waals surface area contributed by atoms with Crippen molar-refractivity contribution in [2.24, 2.45) is 0 Å². The molecule has 2 aliphatic rings. The maximum absolute atomic E-state index is 11.8. The quantitative estimate of drug-likeness (QED) is 0.614. The van der Waals surface area contributed by atoms with E-state index in [2.05, 4.69) is 21.2 Å². The highest BCUT2D eigenvalue weighted by atomic mass is 35.5. The van der Waals surface area contributed by atoms with E-state index < -0.39 is 6.09 Å². The lowest BCUT2D eigenvalue weighted by Crippen LogP contribution is -2.27. The van der Waals surface area contributed by atoms with Gasteiger partial charge in [-0.25, -0.2) is 9.78 Å². The molecule has 0 unspecified atom stereocenters. The van der Waals surface area contributed by atoms with Gasteiger partial charge in [-0.1, -0.05) is 17.7 Å². The number of carboxylic acid groups (broad SMARTS) is 1. The Balaban J connectivity index is 1.44. The van der Waals surface area contributed by atoms with Crippen molar-refractivity contribution < 1.29 is 14.6 Å². The Kier molecular flexibility index (Phi) is 5.46. The molecule has 0 saturated heterocycles. The molecular formula is C23H24ClN5O3. The number of carbonyl (C=O) groups is 1. The summed E-state index contributed by atoms with van der Waals surface area (Å²) in [5.74, 6) is 2.82. The van der Waals surface area contributed by atoms with Crippen LogP contribution < -0.4 is 4.74 Å². The number of halogens is 1. The topological polar surface area (TPSA) is 93.4 Å². The van der Waals surface area contributed by atoms with Gasteiger partial charge in [-0.05, 0) is 55.5 Å². The third kappa shape index (κ3) is 3.79. The Labute approximate surface area is 190 Å². The van der Waals surface area contributed by atoms with Crippen LogP contribution in [0.15, 0.2) is 36.4 Å². The highest BCUT2D eigenvalue weighted by Crippen LogP contribution is 2.41. The fraction of sp³-hybridized carbons (Fsp3) is 0.391. The first-order valence-corrected chi connectivity index (χ1v) is 11.1. The number of amides is 1. The Morgan fingerprint density at radius 3 is 2.62 bits per heavy atom. The van der Waals surface area contributed by atoms with Crippen molar-refractivity contribution in [2.75, 3.05) is 7.11 Å². The lowest BCUT2D eigenvalue weighted by Gasteiger charge is -2.28. The summed E-state index contributed by atoms with van der Waals surface area (Å²) in [5, 5.41) is 19.1. The number of fused-ring (bicyclic) bond motifs is 3. The Bertz CT molecular complexity index is 1160. The fourth-order valence-electron chi connectivity index (χ4n) is 4.85. The molecule has 0 spiro atoms. The Morgan fingerprint density at radius 1 is 1.09 bits per heavy atom. The zero-order chi connectivity index (χ0) is 22.2. The molecule has 1 saturated carbocycles. The van der Waals surface area contributed by atoms with E-state index in [1.807, 2.05) is 34.9 Å². The molecular weight excluding hydrogens is 430 g/mol. The van der Waals surface area contributed by atoms with Gasteiger partial charge in [0.15, 0.2) is 5.82 Å². The number of hydrogen-bond acceptors (Lipinski definition) is 5. The lowest BCUT2D eigenvalue weighted by molar-refractivity contribution is 0.139. The van der Waals surface area contributed by atoms with Gasteiger partial charge in [-0.3, -0.25) is 9.47 Å². The van der Waals surface area contributed by atoms with Crippen LogP contribution in [0.4, 0.5) is 4.79 Å². The van der Waals surface area contributed by atoms with E-state index in [1.54, 1.807) is 7.11 Å². The summed E-state index contributed by atoms with van der Waals surface area (Å²) < 4.78 is 7.32. The Hall–Kier alpha value is -3.13. The molecule has 0 atom stereocenters. The summed E-state index contributed by atoms with van der Waals surface area (Å²) in [7, 11) is 1.64. The summed E-state index contributed by atoms with van der Waals surface area (Å²) in [4.78, 5) is 17.7. The van der Waals surface area contributed by atoms with Crippen molar-refractivity contribution in [3.05, 3.63) is 64.3 Å². The maximum atomic E-state index is 11.8. The van der Waals surface area contributed by atoms with E-state index in [9.17, 15) is 9.90 Å². The predicted molar refractivity (Wildman–Crippen MR) is 118 cm³/mol. The highest BCUT2D eigenvalue weighted by Gasteiger charge is 2.32. The number of aromatic nitrogens is 4. The molecule has 3 heterocycles. The minimum Gasteiger partial charge on any atom is -0.481 e. The number of benzene rings is 1. The van der Waals surface area contributed by atoms with Crippen molar-refractivity contribution in [3.8, 4) is 11.6 Å². The zero-order valence-electron chi connectivity index (χ0n) is 17.7. The van der Waals surface area contributed by atoms with E-state index in [1.165, 1.54) is 4.90 Å². The fourth-order valence-corrected chi connectivity index (χ4v) is 5.04. The molecule has 1 aliphatic carbocycles. The van der Waals surface area contributed by atoms with Crippen molar-refractivity contribution in [2.45, 2.75) is 50.6 Å². The summed E-state index contributed by atoms with van der Waals surface area (Å²) in [6.45, 7) is 0.458.